The van der Waals surface area contributed by atoms with E-state index in [1.165, 1.54) is 0 Å². The van der Waals surface area contributed by atoms with Crippen molar-refractivity contribution < 1.29 is 9.13 Å². The number of ether oxygens (including phenoxy) is 1. The number of rotatable bonds is 4. The molecule has 1 rings (SSSR count). The van der Waals surface area contributed by atoms with Crippen LogP contribution in [0.3, 0.4) is 0 Å². The Morgan fingerprint density at radius 2 is 2.15 bits per heavy atom. The minimum Gasteiger partial charge on any atom is -0.491 e. The fraction of sp³-hybridized carbons (Fsp3) is 0.400. The predicted octanol–water partition coefficient (Wildman–Crippen LogP) is 2.05. The van der Waals surface area contributed by atoms with Crippen molar-refractivity contribution in [1.29, 1.82) is 0 Å². The van der Waals surface area contributed by atoms with Gasteiger partial charge < -0.3 is 10.5 Å². The summed E-state index contributed by atoms with van der Waals surface area (Å²) in [6.45, 7) is 1.48. The van der Waals surface area contributed by atoms with Crippen molar-refractivity contribution in [1.82, 2.24) is 0 Å². The average Bonchev–Trinajstić information content (AvgIpc) is 2.15. The lowest BCUT2D eigenvalue weighted by molar-refractivity contribution is 0.270. The van der Waals surface area contributed by atoms with Gasteiger partial charge in [0.05, 0.1) is 0 Å². The summed E-state index contributed by atoms with van der Waals surface area (Å²) >= 11 is 0. The maximum absolute atomic E-state index is 11.9. The fourth-order valence-electron chi connectivity index (χ4n) is 1.14. The molecule has 0 aliphatic heterocycles. The van der Waals surface area contributed by atoms with Crippen LogP contribution in [0.25, 0.3) is 0 Å². The van der Waals surface area contributed by atoms with Crippen molar-refractivity contribution in [2.75, 3.05) is 13.3 Å². The van der Waals surface area contributed by atoms with Crippen LogP contribution in [0.15, 0.2) is 24.3 Å². The molecule has 0 saturated heterocycles. The summed E-state index contributed by atoms with van der Waals surface area (Å²) in [4.78, 5) is 0. The normalized spacial score (nSPS) is 12.5. The Balaban J connectivity index is 2.78. The second-order valence-electron chi connectivity index (χ2n) is 2.86. The maximum Gasteiger partial charge on any atom is 0.124 e. The van der Waals surface area contributed by atoms with Crippen LogP contribution in [0.4, 0.5) is 4.39 Å². The summed E-state index contributed by atoms with van der Waals surface area (Å²) in [7, 11) is 0. The molecule has 0 bridgehead atoms. The molecule has 13 heavy (non-hydrogen) atoms. The second kappa shape index (κ2) is 4.82. The molecular weight excluding hydrogens is 169 g/mol. The summed E-state index contributed by atoms with van der Waals surface area (Å²) in [5.41, 5.74) is 6.63. The summed E-state index contributed by atoms with van der Waals surface area (Å²) < 4.78 is 17.0. The van der Waals surface area contributed by atoms with Crippen LogP contribution in [0, 0.1) is 0 Å². The van der Waals surface area contributed by atoms with Crippen molar-refractivity contribution in [3.63, 3.8) is 0 Å². The molecule has 1 aromatic rings. The molecule has 0 aromatic heterocycles. The lowest BCUT2D eigenvalue weighted by Crippen LogP contribution is -2.08. The van der Waals surface area contributed by atoms with Gasteiger partial charge in [0.15, 0.2) is 0 Å². The van der Waals surface area contributed by atoms with Gasteiger partial charge in [-0.3, -0.25) is 0 Å². The quantitative estimate of drug-likeness (QED) is 0.775. The molecule has 1 aromatic carbocycles. The van der Waals surface area contributed by atoms with E-state index in [4.69, 9.17) is 10.5 Å². The summed E-state index contributed by atoms with van der Waals surface area (Å²) in [5, 5.41) is 0. The molecule has 0 unspecified atom stereocenters. The third-order valence-corrected chi connectivity index (χ3v) is 1.74. The molecule has 0 spiro atoms. The van der Waals surface area contributed by atoms with Crippen LogP contribution in [0.1, 0.15) is 18.5 Å². The molecule has 3 heteroatoms. The first-order chi connectivity index (χ1) is 6.25. The van der Waals surface area contributed by atoms with Crippen molar-refractivity contribution in [2.45, 2.75) is 13.0 Å². The number of alkyl halides is 1. The SMILES string of the molecule is C[C@@H](N)c1ccccc1OCCF. The molecule has 1 atom stereocenters. The third-order valence-electron chi connectivity index (χ3n) is 1.74. The monoisotopic (exact) mass is 183 g/mol. The highest BCUT2D eigenvalue weighted by atomic mass is 19.1. The first kappa shape index (κ1) is 9.99. The summed E-state index contributed by atoms with van der Waals surface area (Å²) in [5.74, 6) is 0.676. The molecule has 0 heterocycles. The number of hydrogen-bond acceptors (Lipinski definition) is 2. The molecule has 0 saturated carbocycles. The van der Waals surface area contributed by atoms with Crippen molar-refractivity contribution in [3.05, 3.63) is 29.8 Å². The van der Waals surface area contributed by atoms with Gasteiger partial charge in [-0.1, -0.05) is 18.2 Å². The topological polar surface area (TPSA) is 35.2 Å². The van der Waals surface area contributed by atoms with E-state index in [9.17, 15) is 4.39 Å². The lowest BCUT2D eigenvalue weighted by atomic mass is 10.1. The Morgan fingerprint density at radius 1 is 1.46 bits per heavy atom. The van der Waals surface area contributed by atoms with Gasteiger partial charge in [-0.2, -0.15) is 0 Å². The van der Waals surface area contributed by atoms with Gasteiger partial charge in [-0.25, -0.2) is 4.39 Å². The van der Waals surface area contributed by atoms with Crippen LogP contribution in [0.2, 0.25) is 0 Å². The average molecular weight is 183 g/mol. The predicted molar refractivity (Wildman–Crippen MR) is 50.5 cm³/mol. The van der Waals surface area contributed by atoms with Crippen molar-refractivity contribution in [2.24, 2.45) is 5.73 Å². The van der Waals surface area contributed by atoms with Crippen LogP contribution in [-0.4, -0.2) is 13.3 Å². The zero-order valence-corrected chi connectivity index (χ0v) is 7.66. The first-order valence-corrected chi connectivity index (χ1v) is 4.29. The Kier molecular flexibility index (Phi) is 3.71. The lowest BCUT2D eigenvalue weighted by Gasteiger charge is -2.12. The summed E-state index contributed by atoms with van der Waals surface area (Å²) in [6, 6.07) is 7.34. The molecule has 2 N–H and O–H groups in total. The van der Waals surface area contributed by atoms with E-state index in [1.807, 2.05) is 25.1 Å². The number of nitrogens with two attached hydrogens (primary N) is 1. The van der Waals surface area contributed by atoms with Gasteiger partial charge in [0, 0.05) is 11.6 Å². The number of para-hydroxylation sites is 1. The van der Waals surface area contributed by atoms with Gasteiger partial charge in [0.25, 0.3) is 0 Å². The Morgan fingerprint density at radius 3 is 2.77 bits per heavy atom. The van der Waals surface area contributed by atoms with E-state index >= 15 is 0 Å². The van der Waals surface area contributed by atoms with Gasteiger partial charge >= 0.3 is 0 Å². The van der Waals surface area contributed by atoms with Crippen molar-refractivity contribution in [3.8, 4) is 5.75 Å². The van der Waals surface area contributed by atoms with Gasteiger partial charge in [0.1, 0.15) is 19.0 Å². The molecule has 0 aliphatic carbocycles. The highest BCUT2D eigenvalue weighted by molar-refractivity contribution is 5.35. The second-order valence-corrected chi connectivity index (χ2v) is 2.86. The largest absolute Gasteiger partial charge is 0.491 e. The minimum atomic E-state index is -0.479. The molecule has 0 aliphatic rings. The highest BCUT2D eigenvalue weighted by Gasteiger charge is 2.06. The third kappa shape index (κ3) is 2.70. The van der Waals surface area contributed by atoms with Crippen LogP contribution in [0.5, 0.6) is 5.75 Å². The minimum absolute atomic E-state index is 0.0870. The standard InChI is InChI=1S/C10H14FNO/c1-8(12)9-4-2-3-5-10(9)13-7-6-11/h2-5,8H,6-7,12H2,1H3/t8-/m1/s1. The van der Waals surface area contributed by atoms with E-state index in [1.54, 1.807) is 6.07 Å². The zero-order valence-electron chi connectivity index (χ0n) is 7.66. The van der Waals surface area contributed by atoms with Crippen LogP contribution in [-0.2, 0) is 0 Å². The van der Waals surface area contributed by atoms with E-state index in [2.05, 4.69) is 0 Å². The number of hydrogen-bond donors (Lipinski definition) is 1. The first-order valence-electron chi connectivity index (χ1n) is 4.29. The maximum atomic E-state index is 11.9. The number of halogens is 1. The van der Waals surface area contributed by atoms with Gasteiger partial charge in [-0.15, -0.1) is 0 Å². The Bertz CT molecular complexity index is 263. The molecule has 2 nitrogen and oxygen atoms in total. The van der Waals surface area contributed by atoms with E-state index in [-0.39, 0.29) is 12.6 Å². The smallest absolute Gasteiger partial charge is 0.124 e. The van der Waals surface area contributed by atoms with Gasteiger partial charge in [-0.05, 0) is 13.0 Å². The van der Waals surface area contributed by atoms with Crippen LogP contribution >= 0.6 is 0 Å². The van der Waals surface area contributed by atoms with E-state index < -0.39 is 6.67 Å². The van der Waals surface area contributed by atoms with E-state index in [0.717, 1.165) is 5.56 Å². The summed E-state index contributed by atoms with van der Waals surface area (Å²) in [6.07, 6.45) is 0. The van der Waals surface area contributed by atoms with Gasteiger partial charge in [0.2, 0.25) is 0 Å². The molecule has 0 fully saturated rings. The Labute approximate surface area is 77.5 Å². The van der Waals surface area contributed by atoms with E-state index in [0.29, 0.717) is 5.75 Å². The Hall–Kier alpha value is -1.09. The zero-order chi connectivity index (χ0) is 9.68. The van der Waals surface area contributed by atoms with Crippen molar-refractivity contribution >= 4 is 0 Å². The fourth-order valence-corrected chi connectivity index (χ4v) is 1.14. The number of benzene rings is 1. The molecular formula is C10H14FNO. The molecule has 0 amide bonds. The van der Waals surface area contributed by atoms with Crippen LogP contribution < -0.4 is 10.5 Å². The highest BCUT2D eigenvalue weighted by Crippen LogP contribution is 2.22. The molecule has 0 radical (unpaired) electrons. The molecule has 72 valence electrons.